The lowest BCUT2D eigenvalue weighted by Crippen LogP contribution is -1.97. The molecule has 0 aliphatic carbocycles. The monoisotopic (exact) mass is 194 g/mol. The molecule has 6 heteroatoms. The van der Waals surface area contributed by atoms with E-state index in [1.165, 1.54) is 0 Å². The van der Waals surface area contributed by atoms with Crippen LogP contribution < -0.4 is 0 Å². The maximum Gasteiger partial charge on any atom is 0.342 e. The quantitative estimate of drug-likeness (QED) is 0.503. The number of rotatable bonds is 5. The van der Waals surface area contributed by atoms with E-state index in [1.54, 1.807) is 0 Å². The minimum Gasteiger partial charge on any atom is -0.481 e. The Balaban J connectivity index is 3.47. The molecule has 0 saturated heterocycles. The van der Waals surface area contributed by atoms with Crippen LogP contribution in [0.2, 0.25) is 0 Å². The van der Waals surface area contributed by atoms with Crippen LogP contribution in [-0.4, -0.2) is 27.9 Å². The molecule has 62 valence electrons. The molecule has 0 radical (unpaired) electrons. The molecule has 0 amide bonds. The third-order valence-corrected chi connectivity index (χ3v) is 2.75. The van der Waals surface area contributed by atoms with Crippen molar-refractivity contribution in [2.45, 2.75) is 0 Å². The highest BCUT2D eigenvalue weighted by atomic mass is 33.1. The normalized spacial score (nSPS) is 9.09. The van der Waals surface area contributed by atoms with Gasteiger partial charge in [-0.05, 0) is 0 Å². The van der Waals surface area contributed by atoms with Crippen molar-refractivity contribution >= 4 is 33.5 Å². The fraction of sp³-hybridized carbons (Fsp3) is 0.200. The highest BCUT2D eigenvalue weighted by Gasteiger charge is 2.05. The lowest BCUT2D eigenvalue weighted by Gasteiger charge is -1.95. The minimum absolute atomic E-state index is 0.0590. The molecule has 0 fully saturated rings. The Morgan fingerprint density at radius 2 is 1.91 bits per heavy atom. The summed E-state index contributed by atoms with van der Waals surface area (Å²) >= 11 is 0. The predicted octanol–water partition coefficient (Wildman–Crippen LogP) is 1.05. The van der Waals surface area contributed by atoms with E-state index in [1.807, 2.05) is 0 Å². The number of hydrogen-bond donors (Lipinski definition) is 2. The summed E-state index contributed by atoms with van der Waals surface area (Å²) in [6.07, 6.45) is 0. The van der Waals surface area contributed by atoms with Crippen molar-refractivity contribution in [2.75, 3.05) is 5.75 Å². The van der Waals surface area contributed by atoms with Crippen molar-refractivity contribution in [3.05, 3.63) is 11.5 Å². The molecule has 0 aliphatic rings. The molecule has 11 heavy (non-hydrogen) atoms. The summed E-state index contributed by atoms with van der Waals surface area (Å²) in [5, 5.41) is 16.4. The van der Waals surface area contributed by atoms with Gasteiger partial charge in [0.25, 0.3) is 0 Å². The van der Waals surface area contributed by atoms with E-state index in [0.717, 1.165) is 21.6 Å². The van der Waals surface area contributed by atoms with Gasteiger partial charge in [0.1, 0.15) is 5.75 Å². The zero-order chi connectivity index (χ0) is 8.85. The Hall–Kier alpha value is -0.620. The first kappa shape index (κ1) is 10.4. The molecular formula is C5H6O4S2. The van der Waals surface area contributed by atoms with E-state index < -0.39 is 11.9 Å². The number of aliphatic carboxylic acids is 2. The van der Waals surface area contributed by atoms with Crippen molar-refractivity contribution in [1.82, 2.24) is 0 Å². The van der Waals surface area contributed by atoms with Crippen LogP contribution >= 0.6 is 21.6 Å². The second-order valence-corrected chi connectivity index (χ2v) is 3.86. The van der Waals surface area contributed by atoms with Gasteiger partial charge in [-0.15, -0.1) is 0 Å². The molecular weight excluding hydrogens is 188 g/mol. The number of carboxylic acids is 2. The lowest BCUT2D eigenvalue weighted by atomic mass is 10.7. The van der Waals surface area contributed by atoms with Gasteiger partial charge in [-0.25, -0.2) is 4.79 Å². The van der Waals surface area contributed by atoms with Crippen molar-refractivity contribution in [3.63, 3.8) is 0 Å². The number of hydrogen-bond acceptors (Lipinski definition) is 4. The first-order valence-electron chi connectivity index (χ1n) is 2.47. The second kappa shape index (κ2) is 5.09. The van der Waals surface area contributed by atoms with Gasteiger partial charge in [-0.1, -0.05) is 28.2 Å². The molecule has 0 spiro atoms. The van der Waals surface area contributed by atoms with Gasteiger partial charge in [0.05, 0.1) is 4.91 Å². The average Bonchev–Trinajstić information content (AvgIpc) is 1.86. The third-order valence-electron chi connectivity index (χ3n) is 0.580. The van der Waals surface area contributed by atoms with Gasteiger partial charge < -0.3 is 10.2 Å². The molecule has 0 atom stereocenters. The van der Waals surface area contributed by atoms with Crippen LogP contribution in [0.5, 0.6) is 0 Å². The van der Waals surface area contributed by atoms with Gasteiger partial charge >= 0.3 is 11.9 Å². The molecule has 0 aromatic heterocycles. The zero-order valence-electron chi connectivity index (χ0n) is 5.44. The highest BCUT2D eigenvalue weighted by Crippen LogP contribution is 2.28. The van der Waals surface area contributed by atoms with Gasteiger partial charge in [0, 0.05) is 0 Å². The lowest BCUT2D eigenvalue weighted by molar-refractivity contribution is -0.134. The summed E-state index contributed by atoms with van der Waals surface area (Å²) in [6.45, 7) is 3.20. The molecule has 2 N–H and O–H groups in total. The van der Waals surface area contributed by atoms with Crippen LogP contribution in [0.1, 0.15) is 0 Å². The second-order valence-electron chi connectivity index (χ2n) is 1.47. The van der Waals surface area contributed by atoms with E-state index in [-0.39, 0.29) is 10.7 Å². The SMILES string of the molecule is C=C(SSCC(=O)O)C(=O)O. The van der Waals surface area contributed by atoms with E-state index in [2.05, 4.69) is 6.58 Å². The van der Waals surface area contributed by atoms with Gasteiger partial charge in [-0.2, -0.15) is 0 Å². The molecule has 4 nitrogen and oxygen atoms in total. The first-order valence-corrected chi connectivity index (χ1v) is 4.79. The Bertz CT molecular complexity index is 189. The van der Waals surface area contributed by atoms with Crippen molar-refractivity contribution in [3.8, 4) is 0 Å². The fourth-order valence-electron chi connectivity index (χ4n) is 0.187. The summed E-state index contributed by atoms with van der Waals surface area (Å²) in [6, 6.07) is 0. The average molecular weight is 194 g/mol. The minimum atomic E-state index is -1.12. The standard InChI is InChI=1S/C5H6O4S2/c1-3(5(8)9)11-10-2-4(6)7/h1-2H2,(H,6,7)(H,8,9). The summed E-state index contributed by atoms with van der Waals surface area (Å²) in [5.74, 6) is -2.22. The molecule has 0 heterocycles. The largest absolute Gasteiger partial charge is 0.481 e. The summed E-state index contributed by atoms with van der Waals surface area (Å²) in [5.41, 5.74) is 0. The maximum absolute atomic E-state index is 10.1. The molecule has 0 rings (SSSR count). The number of carbonyl (C=O) groups is 2. The maximum atomic E-state index is 10.1. The van der Waals surface area contributed by atoms with E-state index in [9.17, 15) is 9.59 Å². The van der Waals surface area contributed by atoms with Crippen LogP contribution in [0.15, 0.2) is 11.5 Å². The molecule has 0 bridgehead atoms. The third kappa shape index (κ3) is 5.81. The zero-order valence-corrected chi connectivity index (χ0v) is 7.07. The van der Waals surface area contributed by atoms with Crippen LogP contribution in [-0.2, 0) is 9.59 Å². The molecule has 0 aliphatic heterocycles. The van der Waals surface area contributed by atoms with Crippen molar-refractivity contribution < 1.29 is 19.8 Å². The van der Waals surface area contributed by atoms with Crippen LogP contribution in [0.25, 0.3) is 0 Å². The van der Waals surface area contributed by atoms with Gasteiger partial charge in [0.15, 0.2) is 0 Å². The first-order chi connectivity index (χ1) is 5.04. The van der Waals surface area contributed by atoms with Gasteiger partial charge in [-0.3, -0.25) is 4.79 Å². The van der Waals surface area contributed by atoms with E-state index >= 15 is 0 Å². The smallest absolute Gasteiger partial charge is 0.342 e. The van der Waals surface area contributed by atoms with E-state index in [0.29, 0.717) is 0 Å². The summed E-state index contributed by atoms with van der Waals surface area (Å²) < 4.78 is 0. The molecule has 0 saturated carbocycles. The Labute approximate surface area is 71.1 Å². The Kier molecular flexibility index (Phi) is 4.80. The predicted molar refractivity (Wildman–Crippen MR) is 44.5 cm³/mol. The van der Waals surface area contributed by atoms with Crippen LogP contribution in [0.4, 0.5) is 0 Å². The molecule has 0 aromatic rings. The Morgan fingerprint density at radius 1 is 1.36 bits per heavy atom. The van der Waals surface area contributed by atoms with Gasteiger partial charge in [0.2, 0.25) is 0 Å². The fourth-order valence-corrected chi connectivity index (χ4v) is 1.68. The molecule has 0 unspecified atom stereocenters. The Morgan fingerprint density at radius 3 is 2.27 bits per heavy atom. The van der Waals surface area contributed by atoms with Crippen molar-refractivity contribution in [2.24, 2.45) is 0 Å². The number of carboxylic acid groups (broad SMARTS) is 2. The summed E-state index contributed by atoms with van der Waals surface area (Å²) in [4.78, 5) is 20.0. The van der Waals surface area contributed by atoms with Crippen LogP contribution in [0, 0.1) is 0 Å². The van der Waals surface area contributed by atoms with Crippen molar-refractivity contribution in [1.29, 1.82) is 0 Å². The summed E-state index contributed by atoms with van der Waals surface area (Å²) in [7, 11) is 1.79. The van der Waals surface area contributed by atoms with E-state index in [4.69, 9.17) is 10.2 Å². The highest BCUT2D eigenvalue weighted by molar-refractivity contribution is 8.78. The van der Waals surface area contributed by atoms with Crippen LogP contribution in [0.3, 0.4) is 0 Å². The topological polar surface area (TPSA) is 74.6 Å². The molecule has 0 aromatic carbocycles.